The van der Waals surface area contributed by atoms with Crippen molar-refractivity contribution < 1.29 is 16.8 Å². The fraction of sp³-hybridized carbons (Fsp3) is 0.333. The molecule has 1 aromatic heterocycles. The van der Waals surface area contributed by atoms with Crippen LogP contribution in [0.1, 0.15) is 12.8 Å². The Kier molecular flexibility index (Phi) is 4.99. The molecule has 0 unspecified atom stereocenters. The molecule has 0 saturated heterocycles. The Bertz CT molecular complexity index is 825. The van der Waals surface area contributed by atoms with Gasteiger partial charge in [-0.25, -0.2) is 26.7 Å². The van der Waals surface area contributed by atoms with Gasteiger partial charge in [0.15, 0.2) is 0 Å². The Balaban J connectivity index is 1.99. The first-order chi connectivity index (χ1) is 9.80. The van der Waals surface area contributed by atoms with Gasteiger partial charge in [0, 0.05) is 22.0 Å². The van der Waals surface area contributed by atoms with E-state index in [0.29, 0.717) is 18.2 Å². The average molecular weight is 348 g/mol. The van der Waals surface area contributed by atoms with Crippen LogP contribution in [0.3, 0.4) is 0 Å². The van der Waals surface area contributed by atoms with Gasteiger partial charge in [0.25, 0.3) is 0 Å². The topological polar surface area (TPSA) is 106 Å². The Morgan fingerprint density at radius 2 is 1.81 bits per heavy atom. The Morgan fingerprint density at radius 1 is 1.10 bits per heavy atom. The quantitative estimate of drug-likeness (QED) is 0.734. The SMILES string of the molecule is NS(=O)(=O)CCCCNS(=O)(=O)c1csc2ccccc12. The van der Waals surface area contributed by atoms with E-state index < -0.39 is 20.0 Å². The molecule has 0 atom stereocenters. The molecule has 0 aliphatic rings. The number of hydrogen-bond acceptors (Lipinski definition) is 5. The summed E-state index contributed by atoms with van der Waals surface area (Å²) in [6.07, 6.45) is 0.740. The highest BCUT2D eigenvalue weighted by atomic mass is 32.2. The molecule has 0 saturated carbocycles. The zero-order valence-electron chi connectivity index (χ0n) is 11.2. The van der Waals surface area contributed by atoms with Crippen LogP contribution in [0.25, 0.3) is 10.1 Å². The summed E-state index contributed by atoms with van der Waals surface area (Å²) in [7, 11) is -7.07. The fourth-order valence-corrected chi connectivity index (χ4v) is 5.06. The molecule has 0 fully saturated rings. The zero-order valence-corrected chi connectivity index (χ0v) is 13.6. The van der Waals surface area contributed by atoms with Crippen molar-refractivity contribution in [2.45, 2.75) is 17.7 Å². The van der Waals surface area contributed by atoms with Crippen molar-refractivity contribution in [2.75, 3.05) is 12.3 Å². The second-order valence-electron chi connectivity index (χ2n) is 4.57. The summed E-state index contributed by atoms with van der Waals surface area (Å²) in [4.78, 5) is 0.259. The summed E-state index contributed by atoms with van der Waals surface area (Å²) in [5.74, 6) is -0.143. The normalized spacial score (nSPS) is 12.8. The number of primary sulfonamides is 1. The third-order valence-corrected chi connectivity index (χ3v) is 6.35. The van der Waals surface area contributed by atoms with Crippen LogP contribution in [0.4, 0.5) is 0 Å². The van der Waals surface area contributed by atoms with E-state index in [9.17, 15) is 16.8 Å². The van der Waals surface area contributed by atoms with Gasteiger partial charge in [-0.3, -0.25) is 0 Å². The number of unbranched alkanes of at least 4 members (excludes halogenated alkanes) is 1. The minimum Gasteiger partial charge on any atom is -0.229 e. The molecule has 0 spiro atoms. The second kappa shape index (κ2) is 6.41. The highest BCUT2D eigenvalue weighted by molar-refractivity contribution is 7.90. The van der Waals surface area contributed by atoms with Gasteiger partial charge in [0.05, 0.1) is 5.75 Å². The van der Waals surface area contributed by atoms with E-state index in [4.69, 9.17) is 5.14 Å². The minimum atomic E-state index is -3.58. The summed E-state index contributed by atoms with van der Waals surface area (Å²) in [5.41, 5.74) is 0. The van der Waals surface area contributed by atoms with Gasteiger partial charge in [-0.1, -0.05) is 18.2 Å². The first-order valence-electron chi connectivity index (χ1n) is 6.26. The molecule has 0 radical (unpaired) electrons. The van der Waals surface area contributed by atoms with Crippen LogP contribution in [0, 0.1) is 0 Å². The molecular formula is C12H16N2O4S3. The summed E-state index contributed by atoms with van der Waals surface area (Å²) >= 11 is 1.37. The lowest BCUT2D eigenvalue weighted by atomic mass is 10.3. The molecule has 2 aromatic rings. The Labute approximate surface area is 128 Å². The van der Waals surface area contributed by atoms with Gasteiger partial charge in [-0.2, -0.15) is 0 Å². The summed E-state index contributed by atoms with van der Waals surface area (Å²) in [6.45, 7) is 0.183. The first-order valence-corrected chi connectivity index (χ1v) is 10.3. The molecule has 0 aliphatic heterocycles. The number of benzene rings is 1. The molecule has 116 valence electrons. The van der Waals surface area contributed by atoms with Gasteiger partial charge >= 0.3 is 0 Å². The van der Waals surface area contributed by atoms with Crippen LogP contribution in [-0.2, 0) is 20.0 Å². The van der Waals surface area contributed by atoms with E-state index in [0.717, 1.165) is 4.70 Å². The molecule has 0 bridgehead atoms. The van der Waals surface area contributed by atoms with Gasteiger partial charge in [-0.15, -0.1) is 11.3 Å². The van der Waals surface area contributed by atoms with E-state index in [2.05, 4.69) is 4.72 Å². The maximum atomic E-state index is 12.2. The van der Waals surface area contributed by atoms with Crippen molar-refractivity contribution in [1.82, 2.24) is 4.72 Å². The lowest BCUT2D eigenvalue weighted by molar-refractivity contribution is 0.578. The van der Waals surface area contributed by atoms with Gasteiger partial charge in [0.2, 0.25) is 20.0 Å². The van der Waals surface area contributed by atoms with Crippen LogP contribution < -0.4 is 9.86 Å². The molecule has 6 nitrogen and oxygen atoms in total. The predicted molar refractivity (Wildman–Crippen MR) is 84.2 cm³/mol. The van der Waals surface area contributed by atoms with Crippen molar-refractivity contribution in [2.24, 2.45) is 5.14 Å². The highest BCUT2D eigenvalue weighted by Gasteiger charge is 2.18. The first kappa shape index (κ1) is 16.4. The highest BCUT2D eigenvalue weighted by Crippen LogP contribution is 2.28. The van der Waals surface area contributed by atoms with E-state index >= 15 is 0 Å². The standard InChI is InChI=1S/C12H16N2O4S3/c13-20(15,16)8-4-3-7-14-21(17,18)12-9-19-11-6-2-1-5-10(11)12/h1-2,5-6,9,14H,3-4,7-8H2,(H2,13,15,16). The van der Waals surface area contributed by atoms with Crippen molar-refractivity contribution in [3.8, 4) is 0 Å². The molecule has 1 aromatic carbocycles. The van der Waals surface area contributed by atoms with Crippen molar-refractivity contribution in [1.29, 1.82) is 0 Å². The number of sulfonamides is 2. The fourth-order valence-electron chi connectivity index (χ4n) is 1.87. The van der Waals surface area contributed by atoms with Crippen LogP contribution in [-0.4, -0.2) is 29.1 Å². The largest absolute Gasteiger partial charge is 0.242 e. The van der Waals surface area contributed by atoms with E-state index in [-0.39, 0.29) is 17.2 Å². The third kappa shape index (κ3) is 4.48. The Hall–Kier alpha value is -1.00. The average Bonchev–Trinajstić information content (AvgIpc) is 2.81. The van der Waals surface area contributed by atoms with Crippen molar-refractivity contribution in [3.05, 3.63) is 29.6 Å². The molecule has 1 heterocycles. The minimum absolute atomic E-state index is 0.143. The summed E-state index contributed by atoms with van der Waals surface area (Å²) in [6, 6.07) is 7.28. The maximum absolute atomic E-state index is 12.2. The van der Waals surface area contributed by atoms with Crippen LogP contribution >= 0.6 is 11.3 Å². The van der Waals surface area contributed by atoms with Crippen molar-refractivity contribution in [3.63, 3.8) is 0 Å². The molecule has 2 rings (SSSR count). The summed E-state index contributed by atoms with van der Waals surface area (Å²) < 4.78 is 49.4. The number of hydrogen-bond donors (Lipinski definition) is 2. The van der Waals surface area contributed by atoms with E-state index in [1.54, 1.807) is 17.5 Å². The van der Waals surface area contributed by atoms with Crippen LogP contribution in [0.2, 0.25) is 0 Å². The summed E-state index contributed by atoms with van der Waals surface area (Å²) in [5, 5.41) is 7.18. The maximum Gasteiger partial charge on any atom is 0.242 e. The van der Waals surface area contributed by atoms with E-state index in [1.165, 1.54) is 11.3 Å². The van der Waals surface area contributed by atoms with Gasteiger partial charge < -0.3 is 0 Å². The third-order valence-electron chi connectivity index (χ3n) is 2.88. The monoisotopic (exact) mass is 348 g/mol. The number of nitrogens with one attached hydrogen (secondary N) is 1. The number of nitrogens with two attached hydrogens (primary N) is 1. The van der Waals surface area contributed by atoms with Crippen LogP contribution in [0.15, 0.2) is 34.5 Å². The molecular weight excluding hydrogens is 332 g/mol. The van der Waals surface area contributed by atoms with Gasteiger partial charge in [0.1, 0.15) is 4.90 Å². The molecule has 21 heavy (non-hydrogen) atoms. The number of rotatable bonds is 7. The molecule has 0 aliphatic carbocycles. The van der Waals surface area contributed by atoms with Gasteiger partial charge in [-0.05, 0) is 18.9 Å². The number of thiophene rings is 1. The molecule has 3 N–H and O–H groups in total. The lowest BCUT2D eigenvalue weighted by Crippen LogP contribution is -2.25. The predicted octanol–water partition coefficient (Wildman–Crippen LogP) is 1.25. The lowest BCUT2D eigenvalue weighted by Gasteiger charge is -2.05. The molecule has 0 amide bonds. The zero-order chi connectivity index (χ0) is 15.5. The van der Waals surface area contributed by atoms with Crippen molar-refractivity contribution >= 4 is 41.5 Å². The molecule has 9 heteroatoms. The second-order valence-corrected chi connectivity index (χ2v) is 8.95. The van der Waals surface area contributed by atoms with E-state index in [1.807, 2.05) is 12.1 Å². The smallest absolute Gasteiger partial charge is 0.229 e. The van der Waals surface area contributed by atoms with Crippen LogP contribution in [0.5, 0.6) is 0 Å². The Morgan fingerprint density at radius 3 is 2.52 bits per heavy atom. The number of fused-ring (bicyclic) bond motifs is 1.